The topological polar surface area (TPSA) is 59.4 Å². The number of benzene rings is 1. The molecular weight excluding hydrogens is 262 g/mol. The van der Waals surface area contributed by atoms with E-state index in [1.807, 2.05) is 6.07 Å². The van der Waals surface area contributed by atoms with Crippen LogP contribution in [0.1, 0.15) is 16.1 Å². The molecule has 0 aliphatic heterocycles. The monoisotopic (exact) mass is 275 g/mol. The summed E-state index contributed by atoms with van der Waals surface area (Å²) in [6.07, 6.45) is 0. The van der Waals surface area contributed by atoms with Crippen molar-refractivity contribution in [2.45, 2.75) is 16.8 Å². The molecule has 0 atom stereocenters. The van der Waals surface area contributed by atoms with Gasteiger partial charge in [-0.25, -0.2) is 9.78 Å². The van der Waals surface area contributed by atoms with Crippen LogP contribution in [0.15, 0.2) is 46.3 Å². The number of hydrogen-bond acceptors (Lipinski definition) is 5. The molecule has 2 rings (SSSR count). The zero-order chi connectivity index (χ0) is 13.8. The first-order valence-electron chi connectivity index (χ1n) is 5.63. The van der Waals surface area contributed by atoms with Crippen LogP contribution in [0.2, 0.25) is 0 Å². The standard InChI is InChI=1S/C14H13NO3S/c1-9-12(14(17)18-2)6-7-13(15-9)19-11-5-3-4-10(16)8-11/h3-8,16H,1-2H3. The number of rotatable bonds is 3. The highest BCUT2D eigenvalue weighted by Crippen LogP contribution is 2.28. The maximum atomic E-state index is 11.4. The molecule has 1 heterocycles. The zero-order valence-electron chi connectivity index (χ0n) is 10.6. The average Bonchev–Trinajstić information content (AvgIpc) is 2.38. The lowest BCUT2D eigenvalue weighted by molar-refractivity contribution is 0.0599. The van der Waals surface area contributed by atoms with Gasteiger partial charge in [-0.1, -0.05) is 17.8 Å². The molecule has 4 nitrogen and oxygen atoms in total. The summed E-state index contributed by atoms with van der Waals surface area (Å²) in [5, 5.41) is 10.2. The Balaban J connectivity index is 2.23. The molecule has 0 fully saturated rings. The van der Waals surface area contributed by atoms with E-state index in [-0.39, 0.29) is 11.7 Å². The predicted molar refractivity (Wildman–Crippen MR) is 72.5 cm³/mol. The summed E-state index contributed by atoms with van der Waals surface area (Å²) in [4.78, 5) is 16.7. The Bertz CT molecular complexity index is 613. The Hall–Kier alpha value is -2.01. The van der Waals surface area contributed by atoms with Crippen molar-refractivity contribution >= 4 is 17.7 Å². The summed E-state index contributed by atoms with van der Waals surface area (Å²) < 4.78 is 4.67. The van der Waals surface area contributed by atoms with Crippen molar-refractivity contribution in [3.05, 3.63) is 47.7 Å². The number of phenolic OH excluding ortho intramolecular Hbond substituents is 1. The number of carbonyl (C=O) groups excluding carboxylic acids is 1. The smallest absolute Gasteiger partial charge is 0.339 e. The van der Waals surface area contributed by atoms with E-state index in [4.69, 9.17) is 0 Å². The maximum absolute atomic E-state index is 11.4. The van der Waals surface area contributed by atoms with Crippen molar-refractivity contribution in [1.82, 2.24) is 4.98 Å². The van der Waals surface area contributed by atoms with Gasteiger partial charge in [-0.05, 0) is 37.3 Å². The van der Waals surface area contributed by atoms with Crippen LogP contribution in [0.4, 0.5) is 0 Å². The number of nitrogens with zero attached hydrogens (tertiary/aromatic N) is 1. The number of aryl methyl sites for hydroxylation is 1. The lowest BCUT2D eigenvalue weighted by Crippen LogP contribution is -2.05. The number of phenols is 1. The van der Waals surface area contributed by atoms with Crippen LogP contribution in [-0.2, 0) is 4.74 Å². The molecule has 1 N–H and O–H groups in total. The van der Waals surface area contributed by atoms with Gasteiger partial charge in [-0.2, -0.15) is 0 Å². The minimum absolute atomic E-state index is 0.216. The second-order valence-corrected chi connectivity index (χ2v) is 4.97. The van der Waals surface area contributed by atoms with Crippen molar-refractivity contribution < 1.29 is 14.6 Å². The second-order valence-electron chi connectivity index (χ2n) is 3.87. The first-order valence-corrected chi connectivity index (χ1v) is 6.44. The number of hydrogen-bond donors (Lipinski definition) is 1. The van der Waals surface area contributed by atoms with Crippen molar-refractivity contribution in [2.24, 2.45) is 0 Å². The molecular formula is C14H13NO3S. The molecule has 0 unspecified atom stereocenters. The van der Waals surface area contributed by atoms with Gasteiger partial charge in [0.2, 0.25) is 0 Å². The fourth-order valence-corrected chi connectivity index (χ4v) is 2.47. The number of ether oxygens (including phenoxy) is 1. The van der Waals surface area contributed by atoms with E-state index in [0.717, 1.165) is 9.92 Å². The van der Waals surface area contributed by atoms with E-state index >= 15 is 0 Å². The highest BCUT2D eigenvalue weighted by molar-refractivity contribution is 7.99. The SMILES string of the molecule is COC(=O)c1ccc(Sc2cccc(O)c2)nc1C. The van der Waals surface area contributed by atoms with Crippen LogP contribution < -0.4 is 0 Å². The number of aromatic hydroxyl groups is 1. The van der Waals surface area contributed by atoms with Crippen molar-refractivity contribution in [1.29, 1.82) is 0 Å². The molecule has 0 saturated carbocycles. The number of esters is 1. The predicted octanol–water partition coefficient (Wildman–Crippen LogP) is 3.03. The van der Waals surface area contributed by atoms with Gasteiger partial charge < -0.3 is 9.84 Å². The largest absolute Gasteiger partial charge is 0.508 e. The fraction of sp³-hybridized carbons (Fsp3) is 0.143. The zero-order valence-corrected chi connectivity index (χ0v) is 11.4. The van der Waals surface area contributed by atoms with E-state index in [0.29, 0.717) is 11.3 Å². The Morgan fingerprint density at radius 3 is 2.74 bits per heavy atom. The average molecular weight is 275 g/mol. The van der Waals surface area contributed by atoms with E-state index in [1.165, 1.54) is 18.9 Å². The van der Waals surface area contributed by atoms with Crippen LogP contribution in [-0.4, -0.2) is 23.2 Å². The fourth-order valence-electron chi connectivity index (χ4n) is 1.59. The lowest BCUT2D eigenvalue weighted by Gasteiger charge is -2.06. The molecule has 0 saturated heterocycles. The molecule has 0 radical (unpaired) electrons. The first kappa shape index (κ1) is 13.4. The van der Waals surface area contributed by atoms with Crippen LogP contribution in [0, 0.1) is 6.92 Å². The quantitative estimate of drug-likeness (QED) is 0.872. The van der Waals surface area contributed by atoms with Gasteiger partial charge in [-0.15, -0.1) is 0 Å². The molecule has 0 aliphatic carbocycles. The summed E-state index contributed by atoms with van der Waals surface area (Å²) in [6, 6.07) is 10.4. The first-order chi connectivity index (χ1) is 9.10. The molecule has 19 heavy (non-hydrogen) atoms. The third-order valence-corrected chi connectivity index (χ3v) is 3.43. The van der Waals surface area contributed by atoms with Gasteiger partial charge in [0, 0.05) is 4.90 Å². The summed E-state index contributed by atoms with van der Waals surface area (Å²) in [7, 11) is 1.34. The van der Waals surface area contributed by atoms with Gasteiger partial charge in [0.05, 0.1) is 18.4 Å². The number of methoxy groups -OCH3 is 1. The van der Waals surface area contributed by atoms with Crippen molar-refractivity contribution in [3.8, 4) is 5.75 Å². The maximum Gasteiger partial charge on any atom is 0.339 e. The molecule has 0 bridgehead atoms. The molecule has 0 aliphatic rings. The molecule has 98 valence electrons. The third kappa shape index (κ3) is 3.26. The van der Waals surface area contributed by atoms with E-state index in [2.05, 4.69) is 9.72 Å². The molecule has 2 aromatic rings. The second kappa shape index (κ2) is 5.75. The van der Waals surface area contributed by atoms with Crippen LogP contribution in [0.5, 0.6) is 5.75 Å². The number of aromatic nitrogens is 1. The summed E-state index contributed by atoms with van der Waals surface area (Å²) >= 11 is 1.42. The normalized spacial score (nSPS) is 10.2. The minimum Gasteiger partial charge on any atom is -0.508 e. The van der Waals surface area contributed by atoms with Crippen LogP contribution >= 0.6 is 11.8 Å². The highest BCUT2D eigenvalue weighted by Gasteiger charge is 2.11. The van der Waals surface area contributed by atoms with Gasteiger partial charge in [0.1, 0.15) is 10.8 Å². The van der Waals surface area contributed by atoms with Gasteiger partial charge in [0.25, 0.3) is 0 Å². The minimum atomic E-state index is -0.390. The Labute approximate surface area is 115 Å². The third-order valence-electron chi connectivity index (χ3n) is 2.51. The summed E-state index contributed by atoms with van der Waals surface area (Å²) in [6.45, 7) is 1.76. The lowest BCUT2D eigenvalue weighted by atomic mass is 10.2. The molecule has 1 aromatic heterocycles. The van der Waals surface area contributed by atoms with E-state index in [1.54, 1.807) is 37.3 Å². The van der Waals surface area contributed by atoms with E-state index in [9.17, 15) is 9.90 Å². The number of pyridine rings is 1. The Morgan fingerprint density at radius 2 is 2.11 bits per heavy atom. The summed E-state index contributed by atoms with van der Waals surface area (Å²) in [5.41, 5.74) is 1.08. The molecule has 5 heteroatoms. The molecule has 0 amide bonds. The van der Waals surface area contributed by atoms with Gasteiger partial charge in [-0.3, -0.25) is 0 Å². The van der Waals surface area contributed by atoms with Crippen molar-refractivity contribution in [3.63, 3.8) is 0 Å². The Morgan fingerprint density at radius 1 is 1.32 bits per heavy atom. The van der Waals surface area contributed by atoms with E-state index < -0.39 is 0 Å². The van der Waals surface area contributed by atoms with Crippen LogP contribution in [0.3, 0.4) is 0 Å². The van der Waals surface area contributed by atoms with Gasteiger partial charge in [0.15, 0.2) is 0 Å². The highest BCUT2D eigenvalue weighted by atomic mass is 32.2. The van der Waals surface area contributed by atoms with Crippen molar-refractivity contribution in [2.75, 3.05) is 7.11 Å². The number of carbonyl (C=O) groups is 1. The van der Waals surface area contributed by atoms with Gasteiger partial charge >= 0.3 is 5.97 Å². The molecule has 1 aromatic carbocycles. The Kier molecular flexibility index (Phi) is 4.06. The van der Waals surface area contributed by atoms with Crippen LogP contribution in [0.25, 0.3) is 0 Å². The molecule has 0 spiro atoms. The summed E-state index contributed by atoms with van der Waals surface area (Å²) in [5.74, 6) is -0.174.